The van der Waals surface area contributed by atoms with Gasteiger partial charge >= 0.3 is 0 Å². The summed E-state index contributed by atoms with van der Waals surface area (Å²) < 4.78 is 0. The second kappa shape index (κ2) is 8.96. The number of halogens is 1. The highest BCUT2D eigenvalue weighted by atomic mass is 35.5. The van der Waals surface area contributed by atoms with Gasteiger partial charge in [0.05, 0.1) is 0 Å². The number of aliphatic hydroxyl groups excluding tert-OH is 1. The van der Waals surface area contributed by atoms with Crippen LogP contribution in [0, 0.1) is 40.9 Å². The quantitative estimate of drug-likeness (QED) is 0.624. The summed E-state index contributed by atoms with van der Waals surface area (Å²) in [4.78, 5) is 2.62. The molecule has 3 nitrogen and oxygen atoms in total. The lowest BCUT2D eigenvalue weighted by Gasteiger charge is -2.62. The Morgan fingerprint density at radius 1 is 1.03 bits per heavy atom. The highest BCUT2D eigenvalue weighted by Gasteiger charge is 2.60. The van der Waals surface area contributed by atoms with Gasteiger partial charge in [0.15, 0.2) is 0 Å². The van der Waals surface area contributed by atoms with E-state index in [0.717, 1.165) is 48.6 Å². The summed E-state index contributed by atoms with van der Waals surface area (Å²) >= 11 is 0. The Hall–Kier alpha value is 0.170. The van der Waals surface area contributed by atoms with Gasteiger partial charge in [0.25, 0.3) is 0 Å². The summed E-state index contributed by atoms with van der Waals surface area (Å²) in [6, 6.07) is 0. The first-order chi connectivity index (χ1) is 13.3. The van der Waals surface area contributed by atoms with E-state index in [2.05, 4.69) is 44.8 Å². The molecule has 1 unspecified atom stereocenters. The van der Waals surface area contributed by atoms with Crippen LogP contribution in [0.25, 0.3) is 0 Å². The summed E-state index contributed by atoms with van der Waals surface area (Å²) in [6.07, 6.45) is 11.1. The highest BCUT2D eigenvalue weighted by molar-refractivity contribution is 5.85. The third-order valence-corrected chi connectivity index (χ3v) is 9.98. The zero-order chi connectivity index (χ0) is 20.1. The number of aliphatic hydroxyl groups is 1. The topological polar surface area (TPSA) is 35.5 Å². The summed E-state index contributed by atoms with van der Waals surface area (Å²) in [5, 5.41) is 13.5. The monoisotopic (exact) mass is 426 g/mol. The standard InChI is InChI=1S/C25H46N2O.ClH/c1-17(2)7-6-8-18(3)20-9-10-21-19-12-14-27-15-23(28)26-16-25(27,5)22(19)11-13-24(20,21)4;/h17-23,26,28H,6-16H2,1-5H3;1H/t18-,19+,20-,21+,22+,23?,24-,25-;/m1./s1. The van der Waals surface area contributed by atoms with Crippen LogP contribution in [0.15, 0.2) is 0 Å². The molecule has 2 saturated carbocycles. The molecular formula is C25H47ClN2O. The van der Waals surface area contributed by atoms with Gasteiger partial charge in [0.2, 0.25) is 0 Å². The van der Waals surface area contributed by atoms with Crippen LogP contribution in [0.5, 0.6) is 0 Å². The molecule has 0 radical (unpaired) electrons. The number of hydrogen-bond donors (Lipinski definition) is 2. The third kappa shape index (κ3) is 4.15. The normalized spacial score (nSPS) is 45.8. The number of β-amino-alcohol motifs (C(OH)–C–C–N with tert-alkyl or cyclic N) is 1. The van der Waals surface area contributed by atoms with Crippen molar-refractivity contribution >= 4 is 12.4 Å². The second-order valence-electron chi connectivity index (χ2n) is 11.9. The van der Waals surface area contributed by atoms with Crippen molar-refractivity contribution in [3.63, 3.8) is 0 Å². The zero-order valence-electron chi connectivity index (χ0n) is 19.6. The molecule has 0 amide bonds. The first-order valence-corrected chi connectivity index (χ1v) is 12.4. The van der Waals surface area contributed by atoms with E-state index in [1.807, 2.05) is 0 Å². The molecule has 0 aromatic carbocycles. The lowest BCUT2D eigenvalue weighted by Crippen LogP contribution is -2.71. The third-order valence-electron chi connectivity index (χ3n) is 9.98. The molecule has 4 rings (SSSR count). The first-order valence-electron chi connectivity index (χ1n) is 12.4. The van der Waals surface area contributed by atoms with Crippen molar-refractivity contribution in [2.45, 2.75) is 97.8 Å². The van der Waals surface area contributed by atoms with Crippen molar-refractivity contribution in [1.82, 2.24) is 10.2 Å². The van der Waals surface area contributed by atoms with E-state index in [4.69, 9.17) is 0 Å². The molecule has 8 atom stereocenters. The maximum absolute atomic E-state index is 10.1. The SMILES string of the molecule is CC(C)CCC[C@@H](C)[C@H]1CC[C@H]2[C@@H]3CCN4CC(O)NC[C@]4(C)[C@H]3CC[C@]12C.Cl. The number of piperazine rings is 1. The molecule has 4 fully saturated rings. The molecule has 29 heavy (non-hydrogen) atoms. The average Bonchev–Trinajstić information content (AvgIpc) is 2.99. The molecular weight excluding hydrogens is 380 g/mol. The van der Waals surface area contributed by atoms with Gasteiger partial charge in [0, 0.05) is 18.6 Å². The van der Waals surface area contributed by atoms with Crippen molar-refractivity contribution in [2.24, 2.45) is 40.9 Å². The largest absolute Gasteiger partial charge is 0.377 e. The molecule has 4 heteroatoms. The van der Waals surface area contributed by atoms with Crippen LogP contribution >= 0.6 is 12.4 Å². The van der Waals surface area contributed by atoms with Crippen LogP contribution in [0.3, 0.4) is 0 Å². The molecule has 2 aliphatic carbocycles. The van der Waals surface area contributed by atoms with Gasteiger partial charge in [-0.2, -0.15) is 0 Å². The fraction of sp³-hybridized carbons (Fsp3) is 1.00. The predicted octanol–water partition coefficient (Wildman–Crippen LogP) is 5.32. The van der Waals surface area contributed by atoms with Gasteiger partial charge in [0.1, 0.15) is 6.23 Å². The van der Waals surface area contributed by atoms with E-state index in [9.17, 15) is 5.11 Å². The second-order valence-corrected chi connectivity index (χ2v) is 11.9. The number of rotatable bonds is 5. The molecule has 2 aliphatic heterocycles. The van der Waals surface area contributed by atoms with Crippen molar-refractivity contribution in [3.05, 3.63) is 0 Å². The minimum atomic E-state index is -0.332. The molecule has 2 N–H and O–H groups in total. The number of fused-ring (bicyclic) bond motifs is 5. The Balaban J connectivity index is 0.00000240. The summed E-state index contributed by atoms with van der Waals surface area (Å²) in [7, 11) is 0. The lowest BCUT2D eigenvalue weighted by atomic mass is 9.51. The van der Waals surface area contributed by atoms with Gasteiger partial charge < -0.3 is 5.11 Å². The van der Waals surface area contributed by atoms with Crippen LogP contribution < -0.4 is 5.32 Å². The maximum atomic E-state index is 10.1. The van der Waals surface area contributed by atoms with Crippen molar-refractivity contribution < 1.29 is 5.11 Å². The molecule has 2 heterocycles. The lowest BCUT2D eigenvalue weighted by molar-refractivity contribution is -0.135. The summed E-state index contributed by atoms with van der Waals surface area (Å²) in [5.41, 5.74) is 0.836. The minimum absolute atomic E-state index is 0. The Kier molecular flexibility index (Phi) is 7.36. The van der Waals surface area contributed by atoms with Gasteiger partial charge in [-0.05, 0) is 86.5 Å². The van der Waals surface area contributed by atoms with Crippen LogP contribution in [-0.4, -0.2) is 41.4 Å². The molecule has 4 aliphatic rings. The van der Waals surface area contributed by atoms with Crippen LogP contribution in [-0.2, 0) is 0 Å². The smallest absolute Gasteiger partial charge is 0.117 e. The van der Waals surface area contributed by atoms with E-state index in [-0.39, 0.29) is 24.2 Å². The van der Waals surface area contributed by atoms with E-state index in [0.29, 0.717) is 5.41 Å². The van der Waals surface area contributed by atoms with Gasteiger partial charge in [-0.1, -0.05) is 47.0 Å². The molecule has 2 saturated heterocycles. The van der Waals surface area contributed by atoms with Crippen LogP contribution in [0.4, 0.5) is 0 Å². The molecule has 0 aromatic rings. The van der Waals surface area contributed by atoms with Gasteiger partial charge in [-0.3, -0.25) is 10.2 Å². The average molecular weight is 427 g/mol. The van der Waals surface area contributed by atoms with Crippen LogP contribution in [0.2, 0.25) is 0 Å². The fourth-order valence-electron chi connectivity index (χ4n) is 8.42. The number of nitrogens with one attached hydrogen (secondary N) is 1. The Morgan fingerprint density at radius 2 is 1.79 bits per heavy atom. The fourth-order valence-corrected chi connectivity index (χ4v) is 8.42. The minimum Gasteiger partial charge on any atom is -0.377 e. The van der Waals surface area contributed by atoms with Crippen molar-refractivity contribution in [2.75, 3.05) is 19.6 Å². The van der Waals surface area contributed by atoms with E-state index in [1.54, 1.807) is 0 Å². The van der Waals surface area contributed by atoms with Gasteiger partial charge in [-0.25, -0.2) is 0 Å². The number of hydrogen-bond acceptors (Lipinski definition) is 3. The number of nitrogens with zero attached hydrogens (tertiary/aromatic N) is 1. The van der Waals surface area contributed by atoms with E-state index < -0.39 is 0 Å². The summed E-state index contributed by atoms with van der Waals surface area (Å²) in [6.45, 7) is 15.5. The molecule has 0 bridgehead atoms. The molecule has 0 aromatic heterocycles. The van der Waals surface area contributed by atoms with Gasteiger partial charge in [-0.15, -0.1) is 12.4 Å². The van der Waals surface area contributed by atoms with Crippen molar-refractivity contribution in [1.29, 1.82) is 0 Å². The highest BCUT2D eigenvalue weighted by Crippen LogP contribution is 2.64. The van der Waals surface area contributed by atoms with Crippen molar-refractivity contribution in [3.8, 4) is 0 Å². The molecule has 170 valence electrons. The van der Waals surface area contributed by atoms with E-state index in [1.165, 1.54) is 57.9 Å². The first kappa shape index (κ1) is 23.8. The van der Waals surface area contributed by atoms with E-state index >= 15 is 0 Å². The maximum Gasteiger partial charge on any atom is 0.117 e. The molecule has 0 spiro atoms. The Morgan fingerprint density at radius 3 is 2.52 bits per heavy atom. The summed E-state index contributed by atoms with van der Waals surface area (Å²) in [5.74, 6) is 5.35. The Bertz CT molecular complexity index is 557. The zero-order valence-corrected chi connectivity index (χ0v) is 20.4. The number of piperidine rings is 1. The van der Waals surface area contributed by atoms with Crippen LogP contribution in [0.1, 0.15) is 86.0 Å². The Labute approximate surface area is 186 Å². The predicted molar refractivity (Wildman–Crippen MR) is 124 cm³/mol.